The fraction of sp³-hybridized carbons (Fsp3) is 0.500. The van der Waals surface area contributed by atoms with Crippen molar-refractivity contribution >= 4 is 34.4 Å². The first-order valence-corrected chi connectivity index (χ1v) is 16.9. The highest BCUT2D eigenvalue weighted by molar-refractivity contribution is 8.14. The molecule has 0 radical (unpaired) electrons. The highest BCUT2D eigenvalue weighted by Crippen LogP contribution is 2.72. The van der Waals surface area contributed by atoms with Crippen LogP contribution in [0.5, 0.6) is 0 Å². The maximum absolute atomic E-state index is 17.8. The van der Waals surface area contributed by atoms with Crippen LogP contribution in [0.3, 0.4) is 0 Å². The number of thioether (sulfide) groups is 1. The van der Waals surface area contributed by atoms with Gasteiger partial charge in [-0.3, -0.25) is 14.4 Å². The molecule has 4 aliphatic carbocycles. The highest BCUT2D eigenvalue weighted by Gasteiger charge is 2.78. The molecule has 7 nitrogen and oxygen atoms in total. The Kier molecular flexibility index (Phi) is 8.45. The van der Waals surface area contributed by atoms with Crippen LogP contribution in [-0.2, 0) is 20.5 Å². The number of ether oxygens (including phenoxy) is 1. The summed E-state index contributed by atoms with van der Waals surface area (Å²) in [4.78, 5) is 53.5. The van der Waals surface area contributed by atoms with Gasteiger partial charge in [-0.1, -0.05) is 43.8 Å². The molecule has 3 saturated carbocycles. The maximum atomic E-state index is 17.8. The number of allylic oxidation sites excluding steroid dienone is 4. The summed E-state index contributed by atoms with van der Waals surface area (Å²) in [6, 6.07) is 5.04. The first-order chi connectivity index (χ1) is 22.8. The summed E-state index contributed by atoms with van der Waals surface area (Å²) in [7, 11) is 0. The van der Waals surface area contributed by atoms with Crippen LogP contribution in [0.25, 0.3) is 0 Å². The zero-order chi connectivity index (χ0) is 35.9. The van der Waals surface area contributed by atoms with E-state index < -0.39 is 98.7 Å². The molecule has 0 amide bonds. The Morgan fingerprint density at radius 3 is 2.37 bits per heavy atom. The number of rotatable bonds is 6. The predicted molar refractivity (Wildman–Crippen MR) is 168 cm³/mol. The van der Waals surface area contributed by atoms with E-state index in [9.17, 15) is 37.5 Å². The zero-order valence-electron chi connectivity index (χ0n) is 27.1. The molecule has 0 unspecified atom stereocenters. The summed E-state index contributed by atoms with van der Waals surface area (Å²) in [6.07, 6.45) is -4.03. The van der Waals surface area contributed by atoms with Crippen molar-refractivity contribution in [3.05, 3.63) is 82.8 Å². The van der Waals surface area contributed by atoms with Crippen molar-refractivity contribution in [3.8, 4) is 0 Å². The highest BCUT2D eigenvalue weighted by atomic mass is 32.2. The summed E-state index contributed by atoms with van der Waals surface area (Å²) in [5.74, 6) is -5.65. The molecule has 0 spiro atoms. The van der Waals surface area contributed by atoms with Gasteiger partial charge in [0.2, 0.25) is 10.9 Å². The van der Waals surface area contributed by atoms with Gasteiger partial charge in [0, 0.05) is 33.8 Å². The van der Waals surface area contributed by atoms with E-state index >= 15 is 8.78 Å². The van der Waals surface area contributed by atoms with E-state index in [4.69, 9.17) is 9.15 Å². The van der Waals surface area contributed by atoms with Crippen molar-refractivity contribution < 1.29 is 55.4 Å². The van der Waals surface area contributed by atoms with E-state index in [0.29, 0.717) is 17.3 Å². The van der Waals surface area contributed by atoms with Crippen molar-refractivity contribution in [2.24, 2.45) is 28.6 Å². The van der Waals surface area contributed by atoms with Gasteiger partial charge in [0.15, 0.2) is 22.8 Å². The Morgan fingerprint density at radius 2 is 1.76 bits per heavy atom. The molecular formula is C36H35F5O7S. The SMILES string of the molecule is Cc1ccoc1C(=O)O[C@]1(C(=O)SCC(=O)c2ccc(C(F)(F)F)cc2)[C@H](C)C[C@H]2[C@@H]3C[C@H](F)C4=CC(=O)C=C[C@]4(C)[C@@]3(F)[C@@H](O)C[C@@]21C. The number of benzene rings is 1. The number of aliphatic hydroxyl groups excluding tert-OH is 1. The van der Waals surface area contributed by atoms with Crippen LogP contribution in [0, 0.1) is 35.5 Å². The number of fused-ring (bicyclic) bond motifs is 5. The third-order valence-electron chi connectivity index (χ3n) is 11.6. The van der Waals surface area contributed by atoms with E-state index in [0.717, 1.165) is 36.4 Å². The van der Waals surface area contributed by atoms with Gasteiger partial charge in [-0.2, -0.15) is 13.2 Å². The van der Waals surface area contributed by atoms with Crippen molar-refractivity contribution in [1.82, 2.24) is 0 Å². The van der Waals surface area contributed by atoms with Gasteiger partial charge < -0.3 is 14.3 Å². The van der Waals surface area contributed by atoms with Crippen LogP contribution in [-0.4, -0.2) is 57.1 Å². The van der Waals surface area contributed by atoms with Crippen molar-refractivity contribution in [2.75, 3.05) is 5.75 Å². The Hall–Kier alpha value is -3.58. The number of carbonyl (C=O) groups is 4. The number of aliphatic hydroxyl groups is 1. The summed E-state index contributed by atoms with van der Waals surface area (Å²) in [6.45, 7) is 6.28. The van der Waals surface area contributed by atoms with Crippen LogP contribution in [0.1, 0.15) is 72.1 Å². The number of alkyl halides is 5. The van der Waals surface area contributed by atoms with Crippen LogP contribution in [0.15, 0.2) is 64.8 Å². The van der Waals surface area contributed by atoms with Gasteiger partial charge in [-0.15, -0.1) is 0 Å². The predicted octanol–water partition coefficient (Wildman–Crippen LogP) is 7.21. The third kappa shape index (κ3) is 5.08. The number of carbonyl (C=O) groups excluding carboxylic acids is 4. The fourth-order valence-corrected chi connectivity index (χ4v) is 10.3. The van der Waals surface area contributed by atoms with Gasteiger partial charge >= 0.3 is 12.1 Å². The number of Topliss-reactive ketones (excluding diaryl/α,β-unsaturated/α-hetero) is 1. The summed E-state index contributed by atoms with van der Waals surface area (Å²) >= 11 is 0.509. The number of ketones is 2. The molecule has 1 aromatic carbocycles. The van der Waals surface area contributed by atoms with E-state index in [-0.39, 0.29) is 29.7 Å². The molecule has 0 saturated heterocycles. The smallest absolute Gasteiger partial charge is 0.416 e. The standard InChI is InChI=1S/C36H35F5O7S/c1-18-10-12-47-29(18)30(45)48-35(31(46)49-17-27(43)20-5-7-21(8-6-20)36(39,40)41)19(2)13-23-24-15-26(37)25-14-22(42)9-11-32(25,3)34(24,38)28(44)16-33(23,35)4/h5-12,14,19,23-24,26,28,44H,13,15-17H2,1-4H3/t19-,23+,24+,26+,28+,32+,33+,34+,35+/m1/s1. The lowest BCUT2D eigenvalue weighted by Gasteiger charge is -2.63. The molecule has 49 heavy (non-hydrogen) atoms. The first-order valence-electron chi connectivity index (χ1n) is 15.9. The average Bonchev–Trinajstić information content (AvgIpc) is 3.56. The summed E-state index contributed by atoms with van der Waals surface area (Å²) < 4.78 is 84.4. The first kappa shape index (κ1) is 35.3. The van der Waals surface area contributed by atoms with Gasteiger partial charge in [-0.25, -0.2) is 13.6 Å². The lowest BCUT2D eigenvalue weighted by atomic mass is 9.44. The largest absolute Gasteiger partial charge is 0.457 e. The molecule has 0 aliphatic heterocycles. The molecule has 4 aliphatic rings. The van der Waals surface area contributed by atoms with Gasteiger partial charge in [0.1, 0.15) is 6.17 Å². The molecule has 262 valence electrons. The van der Waals surface area contributed by atoms with Gasteiger partial charge in [-0.05, 0) is 75.0 Å². The number of esters is 1. The fourth-order valence-electron chi connectivity index (χ4n) is 9.16. The molecule has 1 aromatic heterocycles. The summed E-state index contributed by atoms with van der Waals surface area (Å²) in [5, 5.41) is 11.0. The lowest BCUT2D eigenvalue weighted by molar-refractivity contribution is -0.221. The average molecular weight is 707 g/mol. The van der Waals surface area contributed by atoms with Crippen molar-refractivity contribution in [3.63, 3.8) is 0 Å². The second-order valence-electron chi connectivity index (χ2n) is 14.1. The second kappa shape index (κ2) is 11.8. The van der Waals surface area contributed by atoms with Gasteiger partial charge in [0.05, 0.1) is 23.7 Å². The van der Waals surface area contributed by atoms with Crippen LogP contribution in [0.4, 0.5) is 22.0 Å². The Labute approximate surface area is 283 Å². The van der Waals surface area contributed by atoms with E-state index in [1.807, 2.05) is 0 Å². The third-order valence-corrected chi connectivity index (χ3v) is 12.6. The van der Waals surface area contributed by atoms with Crippen LogP contribution in [0.2, 0.25) is 0 Å². The van der Waals surface area contributed by atoms with E-state index in [2.05, 4.69) is 0 Å². The Balaban J connectivity index is 1.38. The second-order valence-corrected chi connectivity index (χ2v) is 15.1. The molecule has 6 rings (SSSR count). The van der Waals surface area contributed by atoms with Crippen LogP contribution >= 0.6 is 11.8 Å². The van der Waals surface area contributed by atoms with Crippen molar-refractivity contribution in [2.45, 2.75) is 76.7 Å². The number of halogens is 5. The topological polar surface area (TPSA) is 111 Å². The van der Waals surface area contributed by atoms with E-state index in [1.54, 1.807) is 20.8 Å². The molecule has 9 atom stereocenters. The maximum Gasteiger partial charge on any atom is 0.416 e. The molecular weight excluding hydrogens is 671 g/mol. The lowest BCUT2D eigenvalue weighted by Crippen LogP contribution is -2.70. The Bertz CT molecular complexity index is 1780. The molecule has 0 bridgehead atoms. The minimum Gasteiger partial charge on any atom is -0.457 e. The number of aryl methyl sites for hydroxylation is 1. The number of furan rings is 1. The molecule has 3 fully saturated rings. The van der Waals surface area contributed by atoms with E-state index in [1.165, 1.54) is 25.3 Å². The summed E-state index contributed by atoms with van der Waals surface area (Å²) in [5.41, 5.74) is -8.34. The zero-order valence-corrected chi connectivity index (χ0v) is 27.9. The quantitative estimate of drug-likeness (QED) is 0.191. The number of hydrogen-bond acceptors (Lipinski definition) is 8. The Morgan fingerprint density at radius 1 is 1.08 bits per heavy atom. The molecule has 1 heterocycles. The van der Waals surface area contributed by atoms with Gasteiger partial charge in [0.25, 0.3) is 0 Å². The van der Waals surface area contributed by atoms with Crippen LogP contribution < -0.4 is 0 Å². The minimum absolute atomic E-state index is 0.0631. The molecule has 2 aromatic rings. The monoisotopic (exact) mass is 706 g/mol. The van der Waals surface area contributed by atoms with Crippen molar-refractivity contribution in [1.29, 1.82) is 0 Å². The normalized spacial score (nSPS) is 36.7. The number of hydrogen-bond donors (Lipinski definition) is 1. The molecule has 1 N–H and O–H groups in total. The molecule has 13 heteroatoms. The minimum atomic E-state index is -4.61.